The number of carbonyl (C=O) groups excluding carboxylic acids is 4. The third-order valence-corrected chi connectivity index (χ3v) is 5.45. The van der Waals surface area contributed by atoms with E-state index in [0.717, 1.165) is 23.7 Å². The highest BCUT2D eigenvalue weighted by atomic mass is 16.5. The molecule has 3 amide bonds. The lowest BCUT2D eigenvalue weighted by Gasteiger charge is -2.28. The fraction of sp³-hybridized carbons (Fsp3) is 0.304. The van der Waals surface area contributed by atoms with E-state index in [1.165, 1.54) is 0 Å². The van der Waals surface area contributed by atoms with Gasteiger partial charge in [0, 0.05) is 37.3 Å². The van der Waals surface area contributed by atoms with Gasteiger partial charge < -0.3 is 15.0 Å². The number of nitrogens with one attached hydrogen (secondary N) is 1. The van der Waals surface area contributed by atoms with Crippen LogP contribution in [-0.4, -0.2) is 67.8 Å². The summed E-state index contributed by atoms with van der Waals surface area (Å²) in [6.45, 7) is 2.84. The van der Waals surface area contributed by atoms with E-state index < -0.39 is 17.7 Å². The Morgan fingerprint density at radius 1 is 0.903 bits per heavy atom. The number of ether oxygens (including phenoxy) is 1. The second-order valence-corrected chi connectivity index (χ2v) is 7.40. The molecule has 0 aliphatic carbocycles. The Morgan fingerprint density at radius 3 is 2.13 bits per heavy atom. The molecule has 8 nitrogen and oxygen atoms in total. The van der Waals surface area contributed by atoms with Gasteiger partial charge in [0.1, 0.15) is 0 Å². The van der Waals surface area contributed by atoms with Gasteiger partial charge in [0.05, 0.1) is 30.9 Å². The third kappa shape index (κ3) is 4.49. The lowest BCUT2D eigenvalue weighted by molar-refractivity contribution is -0.121. The van der Waals surface area contributed by atoms with Crippen molar-refractivity contribution in [2.75, 3.05) is 44.3 Å². The minimum atomic E-state index is -0.398. The van der Waals surface area contributed by atoms with Crippen LogP contribution in [0.3, 0.4) is 0 Å². The van der Waals surface area contributed by atoms with Crippen molar-refractivity contribution < 1.29 is 23.9 Å². The Balaban J connectivity index is 1.25. The number of Topliss-reactive ketones (excluding diaryl/α,β-unsaturated/α-hetero) is 1. The molecule has 0 radical (unpaired) electrons. The van der Waals surface area contributed by atoms with Crippen LogP contribution in [0.2, 0.25) is 0 Å². The molecular weight excluding hydrogens is 398 g/mol. The topological polar surface area (TPSA) is 96.0 Å². The van der Waals surface area contributed by atoms with E-state index in [2.05, 4.69) is 10.2 Å². The molecule has 2 aromatic rings. The summed E-state index contributed by atoms with van der Waals surface area (Å²) in [6, 6.07) is 13.9. The Bertz CT molecular complexity index is 977. The number of fused-ring (bicyclic) bond motifs is 1. The highest BCUT2D eigenvalue weighted by Gasteiger charge is 2.34. The van der Waals surface area contributed by atoms with E-state index in [1.54, 1.807) is 36.4 Å². The fourth-order valence-corrected chi connectivity index (χ4v) is 3.70. The largest absolute Gasteiger partial charge is 0.378 e. The van der Waals surface area contributed by atoms with Crippen molar-refractivity contribution in [2.24, 2.45) is 0 Å². The molecule has 160 valence electrons. The first-order chi connectivity index (χ1) is 15.0. The van der Waals surface area contributed by atoms with Crippen molar-refractivity contribution >= 4 is 29.2 Å². The monoisotopic (exact) mass is 421 g/mol. The highest BCUT2D eigenvalue weighted by molar-refractivity contribution is 6.21. The van der Waals surface area contributed by atoms with Crippen LogP contribution in [0, 0.1) is 0 Å². The number of rotatable bonds is 7. The number of morpholine rings is 1. The normalized spacial score (nSPS) is 15.7. The lowest BCUT2D eigenvalue weighted by Crippen LogP contribution is -2.36. The summed E-state index contributed by atoms with van der Waals surface area (Å²) in [6.07, 6.45) is -0.0608. The van der Waals surface area contributed by atoms with E-state index in [0.29, 0.717) is 29.9 Å². The van der Waals surface area contributed by atoms with Crippen LogP contribution in [0.5, 0.6) is 0 Å². The molecule has 0 bridgehead atoms. The average molecular weight is 421 g/mol. The van der Waals surface area contributed by atoms with Gasteiger partial charge in [0.2, 0.25) is 5.91 Å². The van der Waals surface area contributed by atoms with Crippen LogP contribution < -0.4 is 10.2 Å². The van der Waals surface area contributed by atoms with Gasteiger partial charge in [-0.1, -0.05) is 12.1 Å². The molecule has 8 heteroatoms. The van der Waals surface area contributed by atoms with E-state index in [-0.39, 0.29) is 25.3 Å². The molecule has 1 fully saturated rings. The number of ketones is 1. The standard InChI is InChI=1S/C23H23N3O5/c27-20(16-5-7-17(8-6-16)25-11-13-31-14-12-25)15-24-21(28)9-10-26-22(29)18-3-1-2-4-19(18)23(26)30/h1-8H,9-15H2,(H,24,28). The van der Waals surface area contributed by atoms with Crippen molar-refractivity contribution in [3.8, 4) is 0 Å². The molecule has 2 aliphatic rings. The first-order valence-electron chi connectivity index (χ1n) is 10.2. The maximum Gasteiger partial charge on any atom is 0.261 e. The van der Waals surface area contributed by atoms with Gasteiger partial charge in [-0.2, -0.15) is 0 Å². The molecule has 4 rings (SSSR count). The zero-order valence-electron chi connectivity index (χ0n) is 17.0. The Morgan fingerprint density at radius 2 is 1.52 bits per heavy atom. The van der Waals surface area contributed by atoms with Crippen molar-refractivity contribution in [3.63, 3.8) is 0 Å². The number of amides is 3. The minimum absolute atomic E-state index is 0.0272. The first-order valence-corrected chi connectivity index (χ1v) is 10.2. The fourth-order valence-electron chi connectivity index (χ4n) is 3.70. The molecule has 1 N–H and O–H groups in total. The minimum Gasteiger partial charge on any atom is -0.378 e. The molecule has 31 heavy (non-hydrogen) atoms. The molecule has 0 unspecified atom stereocenters. The summed E-state index contributed by atoms with van der Waals surface area (Å²) in [7, 11) is 0. The molecule has 2 heterocycles. The second-order valence-electron chi connectivity index (χ2n) is 7.40. The molecule has 0 saturated carbocycles. The van der Waals surface area contributed by atoms with Crippen molar-refractivity contribution in [1.29, 1.82) is 0 Å². The van der Waals surface area contributed by atoms with Gasteiger partial charge in [-0.25, -0.2) is 0 Å². The van der Waals surface area contributed by atoms with Gasteiger partial charge in [-0.3, -0.25) is 24.1 Å². The summed E-state index contributed by atoms with van der Waals surface area (Å²) in [5, 5.41) is 2.57. The lowest BCUT2D eigenvalue weighted by atomic mass is 10.1. The van der Waals surface area contributed by atoms with Crippen LogP contribution in [0.15, 0.2) is 48.5 Å². The molecule has 0 atom stereocenters. The van der Waals surface area contributed by atoms with Crippen molar-refractivity contribution in [1.82, 2.24) is 10.2 Å². The smallest absolute Gasteiger partial charge is 0.261 e. The molecular formula is C23H23N3O5. The number of hydrogen-bond donors (Lipinski definition) is 1. The van der Waals surface area contributed by atoms with Crippen LogP contribution in [0.25, 0.3) is 0 Å². The van der Waals surface area contributed by atoms with Crippen LogP contribution in [0.4, 0.5) is 5.69 Å². The SMILES string of the molecule is O=C(CCN1C(=O)c2ccccc2C1=O)NCC(=O)c1ccc(N2CCOCC2)cc1. The first kappa shape index (κ1) is 20.7. The number of imide groups is 1. The van der Waals surface area contributed by atoms with Gasteiger partial charge in [0.15, 0.2) is 5.78 Å². The van der Waals surface area contributed by atoms with E-state index >= 15 is 0 Å². The zero-order valence-corrected chi connectivity index (χ0v) is 17.0. The van der Waals surface area contributed by atoms with Crippen molar-refractivity contribution in [3.05, 3.63) is 65.2 Å². The average Bonchev–Trinajstić information content (AvgIpc) is 3.06. The summed E-state index contributed by atoms with van der Waals surface area (Å²) < 4.78 is 5.34. The van der Waals surface area contributed by atoms with E-state index in [4.69, 9.17) is 4.74 Å². The molecule has 0 aromatic heterocycles. The highest BCUT2D eigenvalue weighted by Crippen LogP contribution is 2.22. The zero-order chi connectivity index (χ0) is 21.8. The van der Waals surface area contributed by atoms with Gasteiger partial charge >= 0.3 is 0 Å². The predicted octanol–water partition coefficient (Wildman–Crippen LogP) is 1.51. The number of carbonyl (C=O) groups is 4. The number of nitrogens with zero attached hydrogens (tertiary/aromatic N) is 2. The van der Waals surface area contributed by atoms with Gasteiger partial charge in [0.25, 0.3) is 11.8 Å². The molecule has 2 aromatic carbocycles. The molecule has 1 saturated heterocycles. The maximum atomic E-state index is 12.4. The summed E-state index contributed by atoms with van der Waals surface area (Å²) >= 11 is 0. The summed E-state index contributed by atoms with van der Waals surface area (Å²) in [5.74, 6) is -1.40. The number of hydrogen-bond acceptors (Lipinski definition) is 6. The maximum absolute atomic E-state index is 12.4. The third-order valence-electron chi connectivity index (χ3n) is 5.45. The summed E-state index contributed by atoms with van der Waals surface area (Å²) in [5.41, 5.74) is 2.25. The number of benzene rings is 2. The van der Waals surface area contributed by atoms with Crippen LogP contribution >= 0.6 is 0 Å². The predicted molar refractivity (Wildman–Crippen MR) is 113 cm³/mol. The van der Waals surface area contributed by atoms with Crippen LogP contribution in [0.1, 0.15) is 37.5 Å². The number of anilines is 1. The van der Waals surface area contributed by atoms with E-state index in [9.17, 15) is 19.2 Å². The van der Waals surface area contributed by atoms with Crippen LogP contribution in [-0.2, 0) is 9.53 Å². The van der Waals surface area contributed by atoms with Crippen molar-refractivity contribution in [2.45, 2.75) is 6.42 Å². The van der Waals surface area contributed by atoms with Gasteiger partial charge in [-0.05, 0) is 36.4 Å². The second kappa shape index (κ2) is 9.09. The summed E-state index contributed by atoms with van der Waals surface area (Å²) in [4.78, 5) is 52.4. The van der Waals surface area contributed by atoms with Gasteiger partial charge in [-0.15, -0.1) is 0 Å². The quantitative estimate of drug-likeness (QED) is 0.538. The Kier molecular flexibility index (Phi) is 6.08. The molecule has 2 aliphatic heterocycles. The Hall–Kier alpha value is -3.52. The van der Waals surface area contributed by atoms with E-state index in [1.807, 2.05) is 12.1 Å². The Labute approximate surface area is 179 Å². The molecule has 0 spiro atoms.